The SMILES string of the molecule is CC(C)CC(NC(=O)C(NC(=O)C(N)CCC(N)=O)C(C)C)C(=O)NC(Cc1ccccc1)C(=O)O. The Morgan fingerprint density at radius 2 is 1.44 bits per heavy atom. The molecule has 11 heteroatoms. The Bertz CT molecular complexity index is 905. The molecule has 4 atom stereocenters. The highest BCUT2D eigenvalue weighted by molar-refractivity contribution is 5.94. The quantitative estimate of drug-likeness (QED) is 0.194. The summed E-state index contributed by atoms with van der Waals surface area (Å²) in [5, 5.41) is 17.4. The van der Waals surface area contributed by atoms with Crippen molar-refractivity contribution in [2.24, 2.45) is 23.3 Å². The van der Waals surface area contributed by atoms with Crippen LogP contribution in [0.5, 0.6) is 0 Å². The van der Waals surface area contributed by atoms with Crippen LogP contribution in [0.15, 0.2) is 30.3 Å². The van der Waals surface area contributed by atoms with Crippen molar-refractivity contribution in [1.82, 2.24) is 16.0 Å². The first kappa shape index (κ1) is 30.6. The summed E-state index contributed by atoms with van der Waals surface area (Å²) in [5.41, 5.74) is 11.6. The average molecular weight is 506 g/mol. The summed E-state index contributed by atoms with van der Waals surface area (Å²) in [6.45, 7) is 7.17. The van der Waals surface area contributed by atoms with Crippen molar-refractivity contribution in [2.45, 2.75) is 77.5 Å². The topological polar surface area (TPSA) is 194 Å². The van der Waals surface area contributed by atoms with Gasteiger partial charge in [-0.1, -0.05) is 58.0 Å². The fourth-order valence-electron chi connectivity index (χ4n) is 3.51. The van der Waals surface area contributed by atoms with Gasteiger partial charge in [-0.2, -0.15) is 0 Å². The normalized spacial score (nSPS) is 14.4. The molecule has 0 bridgehead atoms. The van der Waals surface area contributed by atoms with Crippen molar-refractivity contribution in [1.29, 1.82) is 0 Å². The van der Waals surface area contributed by atoms with Crippen LogP contribution in [-0.4, -0.2) is 58.9 Å². The maximum Gasteiger partial charge on any atom is 0.326 e. The Kier molecular flexibility index (Phi) is 12.6. The van der Waals surface area contributed by atoms with Gasteiger partial charge in [0.05, 0.1) is 6.04 Å². The van der Waals surface area contributed by atoms with E-state index in [1.54, 1.807) is 44.2 Å². The summed E-state index contributed by atoms with van der Waals surface area (Å²) in [6.07, 6.45) is 0.297. The smallest absolute Gasteiger partial charge is 0.326 e. The van der Waals surface area contributed by atoms with Gasteiger partial charge in [0.25, 0.3) is 0 Å². The lowest BCUT2D eigenvalue weighted by Gasteiger charge is -2.27. The zero-order valence-corrected chi connectivity index (χ0v) is 21.3. The molecule has 0 spiro atoms. The van der Waals surface area contributed by atoms with Gasteiger partial charge in [-0.15, -0.1) is 0 Å². The number of rotatable bonds is 15. The Morgan fingerprint density at radius 3 is 1.94 bits per heavy atom. The number of nitrogens with one attached hydrogen (secondary N) is 3. The van der Waals surface area contributed by atoms with Gasteiger partial charge in [0.2, 0.25) is 23.6 Å². The van der Waals surface area contributed by atoms with Gasteiger partial charge in [-0.3, -0.25) is 19.2 Å². The molecule has 8 N–H and O–H groups in total. The monoisotopic (exact) mass is 505 g/mol. The van der Waals surface area contributed by atoms with E-state index < -0.39 is 53.8 Å². The molecule has 0 aromatic heterocycles. The number of nitrogens with two attached hydrogens (primary N) is 2. The molecule has 11 nitrogen and oxygen atoms in total. The van der Waals surface area contributed by atoms with Gasteiger partial charge >= 0.3 is 5.97 Å². The van der Waals surface area contributed by atoms with Gasteiger partial charge < -0.3 is 32.5 Å². The first-order valence-electron chi connectivity index (χ1n) is 12.0. The lowest BCUT2D eigenvalue weighted by Crippen LogP contribution is -2.58. The number of carbonyl (C=O) groups is 5. The Balaban J connectivity index is 2.95. The second kappa shape index (κ2) is 14.8. The Labute approximate surface area is 211 Å². The van der Waals surface area contributed by atoms with E-state index >= 15 is 0 Å². The minimum atomic E-state index is -1.20. The first-order valence-corrected chi connectivity index (χ1v) is 12.0. The molecule has 0 aliphatic rings. The molecule has 0 fully saturated rings. The summed E-state index contributed by atoms with van der Waals surface area (Å²) in [7, 11) is 0. The number of carboxylic acids is 1. The fraction of sp³-hybridized carbons (Fsp3) is 0.560. The molecule has 0 saturated carbocycles. The highest BCUT2D eigenvalue weighted by atomic mass is 16.4. The number of benzene rings is 1. The molecular formula is C25H39N5O6. The molecule has 200 valence electrons. The van der Waals surface area contributed by atoms with E-state index in [2.05, 4.69) is 16.0 Å². The van der Waals surface area contributed by atoms with E-state index in [-0.39, 0.29) is 37.5 Å². The number of hydrogen-bond acceptors (Lipinski definition) is 6. The van der Waals surface area contributed by atoms with Crippen molar-refractivity contribution >= 4 is 29.6 Å². The number of carboxylic acid groups (broad SMARTS) is 1. The van der Waals surface area contributed by atoms with Gasteiger partial charge in [-0.05, 0) is 30.2 Å². The maximum absolute atomic E-state index is 13.1. The number of carbonyl (C=O) groups excluding carboxylic acids is 4. The predicted octanol–water partition coefficient (Wildman–Crippen LogP) is 0.0630. The molecule has 4 unspecified atom stereocenters. The van der Waals surface area contributed by atoms with E-state index in [9.17, 15) is 29.1 Å². The van der Waals surface area contributed by atoms with Gasteiger partial charge in [0, 0.05) is 12.8 Å². The van der Waals surface area contributed by atoms with Crippen LogP contribution < -0.4 is 27.4 Å². The lowest BCUT2D eigenvalue weighted by molar-refractivity contribution is -0.142. The summed E-state index contributed by atoms with van der Waals surface area (Å²) in [6, 6.07) is 4.65. The maximum atomic E-state index is 13.1. The Morgan fingerprint density at radius 1 is 0.861 bits per heavy atom. The van der Waals surface area contributed by atoms with Crippen molar-refractivity contribution in [3.63, 3.8) is 0 Å². The largest absolute Gasteiger partial charge is 0.480 e. The van der Waals surface area contributed by atoms with Crippen LogP contribution in [0.4, 0.5) is 0 Å². The van der Waals surface area contributed by atoms with Gasteiger partial charge in [0.1, 0.15) is 18.1 Å². The van der Waals surface area contributed by atoms with Crippen LogP contribution in [-0.2, 0) is 30.4 Å². The summed E-state index contributed by atoms with van der Waals surface area (Å²) in [5.74, 6) is -3.98. The standard InChI is InChI=1S/C25H39N5O6/c1-14(2)12-18(23(33)29-19(25(35)36)13-16-8-6-5-7-9-16)28-24(34)21(15(3)4)30-22(32)17(26)10-11-20(27)31/h5-9,14-15,17-19,21H,10-13,26H2,1-4H3,(H2,27,31)(H,28,34)(H,29,33)(H,30,32)(H,35,36). The van der Waals surface area contributed by atoms with E-state index in [0.717, 1.165) is 5.56 Å². The van der Waals surface area contributed by atoms with Crippen molar-refractivity contribution < 1.29 is 29.1 Å². The number of primary amides is 1. The number of hydrogen-bond donors (Lipinski definition) is 6. The molecule has 1 aromatic carbocycles. The minimum absolute atomic E-state index is 0.00719. The summed E-state index contributed by atoms with van der Waals surface area (Å²) in [4.78, 5) is 61.3. The van der Waals surface area contributed by atoms with Gasteiger partial charge in [-0.25, -0.2) is 4.79 Å². The van der Waals surface area contributed by atoms with Gasteiger partial charge in [0.15, 0.2) is 0 Å². The van der Waals surface area contributed by atoms with E-state index in [1.807, 2.05) is 13.8 Å². The molecule has 0 radical (unpaired) electrons. The molecule has 0 heterocycles. The molecule has 1 rings (SSSR count). The van der Waals surface area contributed by atoms with E-state index in [1.165, 1.54) is 0 Å². The second-order valence-electron chi connectivity index (χ2n) is 9.62. The minimum Gasteiger partial charge on any atom is -0.480 e. The molecule has 0 aliphatic carbocycles. The van der Waals surface area contributed by atoms with Crippen LogP contribution in [0.1, 0.15) is 52.5 Å². The fourth-order valence-corrected chi connectivity index (χ4v) is 3.51. The Hall–Kier alpha value is -3.47. The highest BCUT2D eigenvalue weighted by Gasteiger charge is 2.32. The average Bonchev–Trinajstić information content (AvgIpc) is 2.79. The van der Waals surface area contributed by atoms with Crippen LogP contribution in [0.3, 0.4) is 0 Å². The number of amides is 4. The molecule has 36 heavy (non-hydrogen) atoms. The van der Waals surface area contributed by atoms with Crippen LogP contribution in [0.2, 0.25) is 0 Å². The van der Waals surface area contributed by atoms with Crippen LogP contribution in [0, 0.1) is 11.8 Å². The van der Waals surface area contributed by atoms with Crippen LogP contribution in [0.25, 0.3) is 0 Å². The molecule has 4 amide bonds. The summed E-state index contributed by atoms with van der Waals surface area (Å²) >= 11 is 0. The van der Waals surface area contributed by atoms with Crippen molar-refractivity contribution in [3.8, 4) is 0 Å². The number of aliphatic carboxylic acids is 1. The highest BCUT2D eigenvalue weighted by Crippen LogP contribution is 2.10. The molecule has 0 aliphatic heterocycles. The van der Waals surface area contributed by atoms with Crippen LogP contribution >= 0.6 is 0 Å². The van der Waals surface area contributed by atoms with Crippen molar-refractivity contribution in [2.75, 3.05) is 0 Å². The molecular weight excluding hydrogens is 466 g/mol. The predicted molar refractivity (Wildman–Crippen MR) is 134 cm³/mol. The molecule has 0 saturated heterocycles. The third kappa shape index (κ3) is 10.9. The van der Waals surface area contributed by atoms with Crippen molar-refractivity contribution in [3.05, 3.63) is 35.9 Å². The first-order chi connectivity index (χ1) is 16.8. The summed E-state index contributed by atoms with van der Waals surface area (Å²) < 4.78 is 0. The van der Waals surface area contributed by atoms with E-state index in [0.29, 0.717) is 0 Å². The third-order valence-corrected chi connectivity index (χ3v) is 5.52. The lowest BCUT2D eigenvalue weighted by atomic mass is 9.98. The zero-order chi connectivity index (χ0) is 27.4. The molecule has 1 aromatic rings. The van der Waals surface area contributed by atoms with E-state index in [4.69, 9.17) is 11.5 Å². The zero-order valence-electron chi connectivity index (χ0n) is 21.3. The third-order valence-electron chi connectivity index (χ3n) is 5.52. The second-order valence-corrected chi connectivity index (χ2v) is 9.62.